The van der Waals surface area contributed by atoms with Crippen LogP contribution in [0.15, 0.2) is 234 Å². The van der Waals surface area contributed by atoms with Crippen molar-refractivity contribution in [3.8, 4) is 67.4 Å². The van der Waals surface area contributed by atoms with Gasteiger partial charge in [0.2, 0.25) is 0 Å². The summed E-state index contributed by atoms with van der Waals surface area (Å²) in [6.07, 6.45) is 0. The highest BCUT2D eigenvalue weighted by atomic mass is 32.2. The molecule has 11 aromatic rings. The van der Waals surface area contributed by atoms with Crippen molar-refractivity contribution in [3.05, 3.63) is 247 Å². The molecule has 0 N–H and O–H groups in total. The van der Waals surface area contributed by atoms with Gasteiger partial charge in [-0.1, -0.05) is 206 Å². The average molecular weight is 832 g/mol. The third-order valence-corrected chi connectivity index (χ3v) is 14.3. The predicted octanol–water partition coefficient (Wildman–Crippen LogP) is 15.3. The van der Waals surface area contributed by atoms with Crippen molar-refractivity contribution >= 4 is 33.4 Å². The molecule has 0 atom stereocenters. The molecule has 2 aromatic heterocycles. The van der Waals surface area contributed by atoms with Crippen molar-refractivity contribution in [1.82, 2.24) is 15.0 Å². The molecule has 3 heterocycles. The fraction of sp³-hybridized carbons (Fsp3) is 0.0167. The topological polar surface area (TPSA) is 38.7 Å². The molecule has 0 saturated carbocycles. The van der Waals surface area contributed by atoms with Crippen molar-refractivity contribution in [3.63, 3.8) is 0 Å². The van der Waals surface area contributed by atoms with Gasteiger partial charge in [-0.2, -0.15) is 0 Å². The first kappa shape index (κ1) is 36.7. The smallest absolute Gasteiger partial charge is 0.160 e. The van der Waals surface area contributed by atoms with Crippen LogP contribution >= 0.6 is 11.8 Å². The first-order chi connectivity index (χ1) is 31.7. The summed E-state index contributed by atoms with van der Waals surface area (Å²) in [5.74, 6) is 0.687. The van der Waals surface area contributed by atoms with E-state index in [0.717, 1.165) is 55.6 Å². The lowest BCUT2D eigenvalue weighted by atomic mass is 9.67. The van der Waals surface area contributed by atoms with Gasteiger partial charge in [0.1, 0.15) is 0 Å². The molecule has 0 amide bonds. The summed E-state index contributed by atoms with van der Waals surface area (Å²) in [6.45, 7) is 0. The van der Waals surface area contributed by atoms with Gasteiger partial charge in [0.05, 0.1) is 28.0 Å². The van der Waals surface area contributed by atoms with Gasteiger partial charge in [-0.3, -0.25) is 0 Å². The van der Waals surface area contributed by atoms with E-state index in [1.807, 2.05) is 36.0 Å². The van der Waals surface area contributed by atoms with Crippen molar-refractivity contribution in [2.45, 2.75) is 15.2 Å². The van der Waals surface area contributed by atoms with Crippen LogP contribution in [0.25, 0.3) is 89.1 Å². The summed E-state index contributed by atoms with van der Waals surface area (Å²) < 4.78 is 0. The molecule has 1 aliphatic carbocycles. The fourth-order valence-electron chi connectivity index (χ4n) is 10.4. The number of fused-ring (bicyclic) bond motifs is 13. The number of benzene rings is 9. The minimum absolute atomic E-state index is 0.466. The molecular formula is C60H37N3S. The Morgan fingerprint density at radius 1 is 0.344 bits per heavy atom. The zero-order chi connectivity index (χ0) is 42.2. The molecule has 0 saturated heterocycles. The first-order valence-corrected chi connectivity index (χ1v) is 22.6. The number of pyridine rings is 1. The Morgan fingerprint density at radius 2 is 0.906 bits per heavy atom. The van der Waals surface area contributed by atoms with E-state index in [0.29, 0.717) is 5.82 Å². The molecule has 1 aliphatic heterocycles. The van der Waals surface area contributed by atoms with E-state index in [1.54, 1.807) is 0 Å². The van der Waals surface area contributed by atoms with Crippen LogP contribution in [0.3, 0.4) is 0 Å². The Labute approximate surface area is 375 Å². The Kier molecular flexibility index (Phi) is 8.37. The molecular weight excluding hydrogens is 795 g/mol. The highest BCUT2D eigenvalue weighted by Crippen LogP contribution is 2.63. The van der Waals surface area contributed by atoms with Gasteiger partial charge in [-0.15, -0.1) is 0 Å². The molecule has 0 unspecified atom stereocenters. The molecule has 3 nitrogen and oxygen atoms in total. The van der Waals surface area contributed by atoms with Crippen LogP contribution in [0.4, 0.5) is 0 Å². The average Bonchev–Trinajstić information content (AvgIpc) is 3.67. The van der Waals surface area contributed by atoms with E-state index < -0.39 is 5.41 Å². The molecule has 64 heavy (non-hydrogen) atoms. The molecule has 1 spiro atoms. The summed E-state index contributed by atoms with van der Waals surface area (Å²) in [6, 6.07) is 80.8. The van der Waals surface area contributed by atoms with Crippen LogP contribution in [-0.2, 0) is 5.41 Å². The van der Waals surface area contributed by atoms with Crippen LogP contribution in [0.5, 0.6) is 0 Å². The first-order valence-electron chi connectivity index (χ1n) is 21.8. The van der Waals surface area contributed by atoms with Gasteiger partial charge in [-0.25, -0.2) is 15.0 Å². The number of nitrogens with zero attached hydrogens (tertiary/aromatic N) is 3. The summed E-state index contributed by atoms with van der Waals surface area (Å²) in [5.41, 5.74) is 17.4. The van der Waals surface area contributed by atoms with Crippen LogP contribution in [0.2, 0.25) is 0 Å². The van der Waals surface area contributed by atoms with Crippen LogP contribution in [0.1, 0.15) is 22.3 Å². The van der Waals surface area contributed by atoms with Crippen molar-refractivity contribution < 1.29 is 0 Å². The maximum absolute atomic E-state index is 5.49. The van der Waals surface area contributed by atoms with Crippen molar-refractivity contribution in [1.29, 1.82) is 0 Å². The number of aromatic nitrogens is 3. The zero-order valence-electron chi connectivity index (χ0n) is 34.6. The van der Waals surface area contributed by atoms with E-state index in [9.17, 15) is 0 Å². The van der Waals surface area contributed by atoms with Gasteiger partial charge in [0.25, 0.3) is 0 Å². The van der Waals surface area contributed by atoms with E-state index in [2.05, 4.69) is 200 Å². The number of hydrogen-bond donors (Lipinski definition) is 0. The molecule has 4 heteroatoms. The van der Waals surface area contributed by atoms with Crippen molar-refractivity contribution in [2.75, 3.05) is 0 Å². The molecule has 0 fully saturated rings. The highest BCUT2D eigenvalue weighted by molar-refractivity contribution is 7.99. The quantitative estimate of drug-likeness (QED) is 0.162. The molecule has 9 aromatic carbocycles. The number of rotatable bonds is 5. The maximum atomic E-state index is 5.49. The Bertz CT molecular complexity index is 3590. The number of para-hydroxylation sites is 1. The van der Waals surface area contributed by atoms with E-state index in [1.165, 1.54) is 59.7 Å². The Balaban J connectivity index is 1.02. The van der Waals surface area contributed by atoms with E-state index in [4.69, 9.17) is 15.0 Å². The molecule has 0 bridgehead atoms. The van der Waals surface area contributed by atoms with Gasteiger partial charge >= 0.3 is 0 Å². The highest BCUT2D eigenvalue weighted by Gasteiger charge is 2.50. The van der Waals surface area contributed by atoms with E-state index >= 15 is 0 Å². The van der Waals surface area contributed by atoms with Crippen LogP contribution < -0.4 is 0 Å². The normalized spacial score (nSPS) is 13.1. The van der Waals surface area contributed by atoms with Gasteiger partial charge in [0.15, 0.2) is 5.82 Å². The summed E-state index contributed by atoms with van der Waals surface area (Å²) in [5, 5.41) is 3.51. The van der Waals surface area contributed by atoms with Gasteiger partial charge < -0.3 is 0 Å². The zero-order valence-corrected chi connectivity index (χ0v) is 35.4. The van der Waals surface area contributed by atoms with Gasteiger partial charge in [-0.05, 0) is 74.8 Å². The van der Waals surface area contributed by atoms with Crippen molar-refractivity contribution in [2.24, 2.45) is 0 Å². The fourth-order valence-corrected chi connectivity index (χ4v) is 11.5. The minimum atomic E-state index is -0.466. The number of hydrogen-bond acceptors (Lipinski definition) is 4. The standard InChI is InChI=1S/C60H37N3S/c1-3-16-38(17-4-1)39-30-32-40(33-31-39)52-37-53(63-59(62-52)41-18-5-2-6-19-41)42-20-15-21-43(36-42)58-46-34-35-50-57(56(46)45-23-8-12-27-51(45)61-58)44-22-7-9-24-47(44)60(50)48-25-10-13-28-54(48)64-55-29-14-11-26-49(55)60/h1-37H. The Hall–Kier alpha value is -7.92. The second-order valence-electron chi connectivity index (χ2n) is 16.6. The molecule has 13 rings (SSSR count). The summed E-state index contributed by atoms with van der Waals surface area (Å²) in [7, 11) is 0. The third-order valence-electron chi connectivity index (χ3n) is 13.2. The largest absolute Gasteiger partial charge is 0.247 e. The third kappa shape index (κ3) is 5.59. The maximum Gasteiger partial charge on any atom is 0.160 e. The monoisotopic (exact) mass is 831 g/mol. The van der Waals surface area contributed by atoms with E-state index in [-0.39, 0.29) is 0 Å². The van der Waals surface area contributed by atoms with Crippen LogP contribution in [0, 0.1) is 0 Å². The van der Waals surface area contributed by atoms with Crippen LogP contribution in [-0.4, -0.2) is 15.0 Å². The Morgan fingerprint density at radius 3 is 1.66 bits per heavy atom. The molecule has 298 valence electrons. The lowest BCUT2D eigenvalue weighted by molar-refractivity contribution is 0.723. The summed E-state index contributed by atoms with van der Waals surface area (Å²) >= 11 is 1.88. The summed E-state index contributed by atoms with van der Waals surface area (Å²) in [4.78, 5) is 18.5. The molecule has 0 radical (unpaired) electrons. The predicted molar refractivity (Wildman–Crippen MR) is 263 cm³/mol. The second-order valence-corrected chi connectivity index (χ2v) is 17.7. The second kappa shape index (κ2) is 14.6. The SMILES string of the molecule is c1ccc(-c2ccc(-c3cc(-c4cccc(-c5nc6ccccc6c6c7c(ccc56)C5(c6ccccc6Sc6ccccc65)c5ccccc5-7)c4)nc(-c4ccccc4)n3)cc2)cc1. The van der Waals surface area contributed by atoms with Gasteiger partial charge in [0, 0.05) is 48.2 Å². The lowest BCUT2D eigenvalue weighted by Crippen LogP contribution is -2.31. The minimum Gasteiger partial charge on any atom is -0.247 e. The molecule has 2 aliphatic rings. The lowest BCUT2D eigenvalue weighted by Gasteiger charge is -2.39.